The molecule has 25 heavy (non-hydrogen) atoms. The lowest BCUT2D eigenvalue weighted by Gasteiger charge is -2.07. The zero-order valence-electron chi connectivity index (χ0n) is 12.4. The molecule has 3 rings (SSSR count). The molecule has 0 aliphatic carbocycles. The zero-order valence-corrected chi connectivity index (χ0v) is 13.2. The minimum absolute atomic E-state index is 0.0149. The van der Waals surface area contributed by atoms with Gasteiger partial charge in [-0.25, -0.2) is 9.97 Å². The summed E-state index contributed by atoms with van der Waals surface area (Å²) in [6.45, 7) is 0. The van der Waals surface area contributed by atoms with Gasteiger partial charge in [-0.05, 0) is 24.3 Å². The van der Waals surface area contributed by atoms with E-state index in [0.29, 0.717) is 16.8 Å². The Morgan fingerprint density at radius 1 is 0.840 bits per heavy atom. The lowest BCUT2D eigenvalue weighted by molar-refractivity contribution is 0.381. The quantitative estimate of drug-likeness (QED) is 0.310. The van der Waals surface area contributed by atoms with Gasteiger partial charge in [-0.3, -0.25) is 9.11 Å². The molecule has 0 fully saturated rings. The number of nitrogen functional groups attached to an aromatic ring is 3. The van der Waals surface area contributed by atoms with Crippen LogP contribution < -0.4 is 17.2 Å². The maximum atomic E-state index is 9.30. The second-order valence-electron chi connectivity index (χ2n) is 4.59. The Hall–Kier alpha value is -3.29. The number of nitrogens with zero attached hydrogens (tertiary/aromatic N) is 4. The molecule has 0 aliphatic rings. The summed E-state index contributed by atoms with van der Waals surface area (Å²) in [6.07, 6.45) is 0. The number of hydrogen-bond donors (Lipinski definition) is 6. The molecule has 3 aromatic rings. The first-order chi connectivity index (χ1) is 11.5. The second-order valence-corrected chi connectivity index (χ2v) is 5.49. The molecule has 0 radical (unpaired) electrons. The molecule has 2 aromatic heterocycles. The van der Waals surface area contributed by atoms with Crippen molar-refractivity contribution in [2.75, 3.05) is 17.2 Å². The standard InChI is InChI=1S/C12H11N7O.H2O4S/c13-9-7(5-1-3-6(20)4-2-5)16-8-10(14)18-12(15)19-11(8)17-9;1-5(2,3)4/h1-4,20H,(H6,13,14,15,17,18,19);(H2,1,2,3,4). The highest BCUT2D eigenvalue weighted by Crippen LogP contribution is 2.27. The van der Waals surface area contributed by atoms with E-state index in [1.54, 1.807) is 12.1 Å². The van der Waals surface area contributed by atoms with E-state index >= 15 is 0 Å². The third-order valence-electron chi connectivity index (χ3n) is 2.74. The van der Waals surface area contributed by atoms with Gasteiger partial charge >= 0.3 is 10.4 Å². The number of aromatic nitrogens is 4. The van der Waals surface area contributed by atoms with Crippen molar-refractivity contribution in [3.05, 3.63) is 24.3 Å². The molecule has 0 amide bonds. The van der Waals surface area contributed by atoms with Crippen LogP contribution in [-0.2, 0) is 10.4 Å². The zero-order chi connectivity index (χ0) is 18.8. The number of phenolic OH excluding ortho intramolecular Hbond substituents is 1. The van der Waals surface area contributed by atoms with Gasteiger partial charge in [-0.1, -0.05) is 0 Å². The number of anilines is 3. The van der Waals surface area contributed by atoms with Crippen LogP contribution in [0.3, 0.4) is 0 Å². The van der Waals surface area contributed by atoms with Crippen molar-refractivity contribution in [2.45, 2.75) is 0 Å². The van der Waals surface area contributed by atoms with Crippen molar-refractivity contribution in [1.82, 2.24) is 19.9 Å². The van der Waals surface area contributed by atoms with Crippen molar-refractivity contribution in [3.8, 4) is 17.0 Å². The molecule has 0 aliphatic heterocycles. The fourth-order valence-corrected chi connectivity index (χ4v) is 1.83. The van der Waals surface area contributed by atoms with Crippen LogP contribution in [0.25, 0.3) is 22.4 Å². The molecule has 1 aromatic carbocycles. The number of fused-ring (bicyclic) bond motifs is 1. The molecular formula is C12H13N7O5S. The van der Waals surface area contributed by atoms with Gasteiger partial charge in [-0.2, -0.15) is 18.4 Å². The average Bonchev–Trinajstić information content (AvgIpc) is 2.46. The van der Waals surface area contributed by atoms with Crippen LogP contribution in [0.2, 0.25) is 0 Å². The Balaban J connectivity index is 0.000000399. The Bertz CT molecular complexity index is 1020. The first-order valence-corrected chi connectivity index (χ1v) is 7.80. The molecule has 0 saturated heterocycles. The number of aromatic hydroxyl groups is 1. The normalized spacial score (nSPS) is 11.0. The number of benzene rings is 1. The summed E-state index contributed by atoms with van der Waals surface area (Å²) in [7, 11) is -4.67. The molecule has 13 heteroatoms. The van der Waals surface area contributed by atoms with Crippen LogP contribution in [0.5, 0.6) is 5.75 Å². The van der Waals surface area contributed by atoms with Gasteiger partial charge in [0.25, 0.3) is 0 Å². The van der Waals surface area contributed by atoms with Crippen molar-refractivity contribution in [1.29, 1.82) is 0 Å². The van der Waals surface area contributed by atoms with Crippen molar-refractivity contribution in [2.24, 2.45) is 0 Å². The van der Waals surface area contributed by atoms with Crippen LogP contribution >= 0.6 is 0 Å². The van der Waals surface area contributed by atoms with Crippen LogP contribution in [0.15, 0.2) is 24.3 Å². The molecule has 0 unspecified atom stereocenters. The molecular weight excluding hydrogens is 354 g/mol. The van der Waals surface area contributed by atoms with E-state index in [4.69, 9.17) is 34.7 Å². The lowest BCUT2D eigenvalue weighted by atomic mass is 10.1. The minimum atomic E-state index is -4.67. The molecule has 0 spiro atoms. The van der Waals surface area contributed by atoms with E-state index in [2.05, 4.69) is 19.9 Å². The van der Waals surface area contributed by atoms with E-state index in [1.807, 2.05) is 0 Å². The fourth-order valence-electron chi connectivity index (χ4n) is 1.83. The van der Waals surface area contributed by atoms with Crippen molar-refractivity contribution >= 4 is 39.1 Å². The lowest BCUT2D eigenvalue weighted by Crippen LogP contribution is -2.06. The van der Waals surface area contributed by atoms with E-state index < -0.39 is 10.4 Å². The summed E-state index contributed by atoms with van der Waals surface area (Å²) < 4.78 is 31.6. The van der Waals surface area contributed by atoms with E-state index in [9.17, 15) is 5.11 Å². The molecule has 0 atom stereocenters. The van der Waals surface area contributed by atoms with E-state index in [1.165, 1.54) is 12.1 Å². The van der Waals surface area contributed by atoms with Crippen molar-refractivity contribution < 1.29 is 22.6 Å². The number of phenols is 1. The van der Waals surface area contributed by atoms with Gasteiger partial charge in [0, 0.05) is 5.56 Å². The third kappa shape index (κ3) is 4.84. The minimum Gasteiger partial charge on any atom is -0.508 e. The van der Waals surface area contributed by atoms with Gasteiger partial charge in [0.15, 0.2) is 22.8 Å². The van der Waals surface area contributed by atoms with Crippen LogP contribution in [0.1, 0.15) is 0 Å². The van der Waals surface area contributed by atoms with Crippen LogP contribution in [0, 0.1) is 0 Å². The maximum absolute atomic E-state index is 9.30. The Kier molecular flexibility index (Phi) is 4.82. The van der Waals surface area contributed by atoms with Gasteiger partial charge in [0.05, 0.1) is 0 Å². The Morgan fingerprint density at radius 2 is 1.40 bits per heavy atom. The van der Waals surface area contributed by atoms with Gasteiger partial charge in [0.2, 0.25) is 5.95 Å². The topological polar surface area (TPSA) is 224 Å². The monoisotopic (exact) mass is 367 g/mol. The second kappa shape index (κ2) is 6.68. The first-order valence-electron chi connectivity index (χ1n) is 6.40. The Labute approximate surface area is 141 Å². The summed E-state index contributed by atoms with van der Waals surface area (Å²) in [5, 5.41) is 9.30. The first kappa shape index (κ1) is 18.1. The van der Waals surface area contributed by atoms with E-state index in [0.717, 1.165) is 0 Å². The summed E-state index contributed by atoms with van der Waals surface area (Å²) >= 11 is 0. The highest BCUT2D eigenvalue weighted by Gasteiger charge is 2.12. The van der Waals surface area contributed by atoms with Gasteiger partial charge in [0.1, 0.15) is 11.4 Å². The number of hydrogen-bond acceptors (Lipinski definition) is 10. The smallest absolute Gasteiger partial charge is 0.394 e. The third-order valence-corrected chi connectivity index (χ3v) is 2.74. The number of nitrogens with two attached hydrogens (primary N) is 3. The molecule has 132 valence electrons. The molecule has 9 N–H and O–H groups in total. The van der Waals surface area contributed by atoms with Gasteiger partial charge in [-0.15, -0.1) is 0 Å². The van der Waals surface area contributed by atoms with Crippen LogP contribution in [0.4, 0.5) is 17.6 Å². The average molecular weight is 367 g/mol. The highest BCUT2D eigenvalue weighted by molar-refractivity contribution is 7.79. The highest BCUT2D eigenvalue weighted by atomic mass is 32.3. The Morgan fingerprint density at radius 3 is 1.96 bits per heavy atom. The summed E-state index contributed by atoms with van der Waals surface area (Å²) in [5.41, 5.74) is 18.9. The molecule has 0 saturated carbocycles. The van der Waals surface area contributed by atoms with E-state index in [-0.39, 0.29) is 29.0 Å². The SMILES string of the molecule is Nc1nc(N)c2nc(-c3ccc(O)cc3)c(N)nc2n1.O=S(=O)(O)O. The molecule has 12 nitrogen and oxygen atoms in total. The fraction of sp³-hybridized carbons (Fsp3) is 0. The number of rotatable bonds is 1. The predicted octanol–water partition coefficient (Wildman–Crippen LogP) is -0.114. The molecule has 2 heterocycles. The maximum Gasteiger partial charge on any atom is 0.394 e. The predicted molar refractivity (Wildman–Crippen MR) is 89.6 cm³/mol. The summed E-state index contributed by atoms with van der Waals surface area (Å²) in [4.78, 5) is 16.3. The largest absolute Gasteiger partial charge is 0.508 e. The van der Waals surface area contributed by atoms with Crippen molar-refractivity contribution in [3.63, 3.8) is 0 Å². The summed E-state index contributed by atoms with van der Waals surface area (Å²) in [5.74, 6) is 0.499. The molecule has 0 bridgehead atoms. The summed E-state index contributed by atoms with van der Waals surface area (Å²) in [6, 6.07) is 6.42. The van der Waals surface area contributed by atoms with Gasteiger partial charge < -0.3 is 22.3 Å². The van der Waals surface area contributed by atoms with Crippen LogP contribution in [-0.4, -0.2) is 42.6 Å².